The molecule has 0 aromatic carbocycles. The number of carbonyl (C=O) groups is 1. The number of ether oxygens (including phenoxy) is 1. The first-order valence-electron chi connectivity index (χ1n) is 4.31. The van der Waals surface area contributed by atoms with Crippen molar-refractivity contribution in [1.82, 2.24) is 5.32 Å². The lowest BCUT2D eigenvalue weighted by molar-refractivity contribution is -0.141. The molecule has 0 saturated heterocycles. The van der Waals surface area contributed by atoms with Gasteiger partial charge in [-0.15, -0.1) is 0 Å². The molecule has 0 radical (unpaired) electrons. The third-order valence-corrected chi connectivity index (χ3v) is 2.13. The van der Waals surface area contributed by atoms with Crippen LogP contribution in [-0.2, 0) is 9.53 Å². The summed E-state index contributed by atoms with van der Waals surface area (Å²) in [6.45, 7) is 4.00. The van der Waals surface area contributed by atoms with Crippen LogP contribution in [0.5, 0.6) is 0 Å². The number of nitrogens with zero attached hydrogens (tertiary/aromatic N) is 1. The molecule has 13 heavy (non-hydrogen) atoms. The van der Waals surface area contributed by atoms with E-state index in [1.807, 2.05) is 13.0 Å². The molecule has 0 aliphatic heterocycles. The van der Waals surface area contributed by atoms with Gasteiger partial charge in [0.1, 0.15) is 5.60 Å². The van der Waals surface area contributed by atoms with Gasteiger partial charge >= 0.3 is 0 Å². The first kappa shape index (κ1) is 11.9. The summed E-state index contributed by atoms with van der Waals surface area (Å²) in [5.41, 5.74) is -0.768. The van der Waals surface area contributed by atoms with Gasteiger partial charge in [0.15, 0.2) is 0 Å². The van der Waals surface area contributed by atoms with Gasteiger partial charge < -0.3 is 10.1 Å². The second-order valence-corrected chi connectivity index (χ2v) is 2.95. The molecule has 0 fully saturated rings. The van der Waals surface area contributed by atoms with Crippen molar-refractivity contribution < 1.29 is 9.53 Å². The molecule has 0 aliphatic carbocycles. The fourth-order valence-electron chi connectivity index (χ4n) is 0.816. The first-order chi connectivity index (χ1) is 6.10. The Hall–Kier alpha value is -1.08. The number of rotatable bonds is 5. The maximum Gasteiger partial charge on any atom is 0.251 e. The highest BCUT2D eigenvalue weighted by atomic mass is 16.5. The molecule has 0 aromatic rings. The number of hydrogen-bond acceptors (Lipinski definition) is 3. The first-order valence-corrected chi connectivity index (χ1v) is 4.31. The molecule has 1 amide bonds. The summed E-state index contributed by atoms with van der Waals surface area (Å²) in [4.78, 5) is 11.5. The lowest BCUT2D eigenvalue weighted by Crippen LogP contribution is -2.45. The number of methoxy groups -OCH3 is 1. The van der Waals surface area contributed by atoms with E-state index in [2.05, 4.69) is 5.32 Å². The molecule has 0 bridgehead atoms. The zero-order chi connectivity index (χ0) is 10.3. The van der Waals surface area contributed by atoms with Crippen LogP contribution in [0, 0.1) is 11.3 Å². The molecular weight excluding hydrogens is 168 g/mol. The van der Waals surface area contributed by atoms with Gasteiger partial charge in [-0.25, -0.2) is 0 Å². The van der Waals surface area contributed by atoms with Crippen LogP contribution in [0.25, 0.3) is 0 Å². The maximum atomic E-state index is 11.5. The van der Waals surface area contributed by atoms with Gasteiger partial charge in [-0.1, -0.05) is 6.92 Å². The number of nitrogens with one attached hydrogen (secondary N) is 1. The summed E-state index contributed by atoms with van der Waals surface area (Å²) in [5, 5.41) is 10.9. The Morgan fingerprint density at radius 3 is 2.69 bits per heavy atom. The Morgan fingerprint density at radius 2 is 2.31 bits per heavy atom. The van der Waals surface area contributed by atoms with Crippen LogP contribution in [0.15, 0.2) is 0 Å². The molecule has 74 valence electrons. The van der Waals surface area contributed by atoms with Gasteiger partial charge in [0.2, 0.25) is 0 Å². The van der Waals surface area contributed by atoms with Crippen LogP contribution in [-0.4, -0.2) is 25.2 Å². The molecule has 1 N–H and O–H groups in total. The molecule has 0 spiro atoms. The highest BCUT2D eigenvalue weighted by molar-refractivity contribution is 5.84. The molecule has 1 atom stereocenters. The van der Waals surface area contributed by atoms with Crippen molar-refractivity contribution in [3.8, 4) is 6.07 Å². The molecule has 0 rings (SSSR count). The minimum absolute atomic E-state index is 0.159. The van der Waals surface area contributed by atoms with Crippen molar-refractivity contribution in [2.24, 2.45) is 0 Å². The van der Waals surface area contributed by atoms with Crippen molar-refractivity contribution in [2.75, 3.05) is 13.7 Å². The van der Waals surface area contributed by atoms with E-state index in [4.69, 9.17) is 10.00 Å². The quantitative estimate of drug-likeness (QED) is 0.644. The van der Waals surface area contributed by atoms with Crippen molar-refractivity contribution in [1.29, 1.82) is 5.26 Å². The van der Waals surface area contributed by atoms with E-state index >= 15 is 0 Å². The van der Waals surface area contributed by atoms with Crippen LogP contribution in [0.1, 0.15) is 26.7 Å². The summed E-state index contributed by atoms with van der Waals surface area (Å²) in [5.74, 6) is -0.159. The van der Waals surface area contributed by atoms with Crippen molar-refractivity contribution >= 4 is 5.91 Å². The van der Waals surface area contributed by atoms with Crippen LogP contribution in [0.4, 0.5) is 0 Å². The zero-order valence-corrected chi connectivity index (χ0v) is 8.39. The van der Waals surface area contributed by atoms with E-state index in [0.29, 0.717) is 19.4 Å². The summed E-state index contributed by atoms with van der Waals surface area (Å²) >= 11 is 0. The minimum Gasteiger partial charge on any atom is -0.369 e. The molecule has 0 aromatic heterocycles. The topological polar surface area (TPSA) is 62.1 Å². The highest BCUT2D eigenvalue weighted by Gasteiger charge is 2.30. The lowest BCUT2D eigenvalue weighted by Gasteiger charge is -2.24. The van der Waals surface area contributed by atoms with Crippen molar-refractivity contribution in [3.63, 3.8) is 0 Å². The average molecular weight is 184 g/mol. The monoisotopic (exact) mass is 184 g/mol. The van der Waals surface area contributed by atoms with Crippen molar-refractivity contribution in [2.45, 2.75) is 32.3 Å². The molecule has 4 heteroatoms. The fraction of sp³-hybridized carbons (Fsp3) is 0.778. The molecule has 4 nitrogen and oxygen atoms in total. The Labute approximate surface area is 78.9 Å². The zero-order valence-electron chi connectivity index (χ0n) is 8.39. The number of hydrogen-bond donors (Lipinski definition) is 1. The minimum atomic E-state index is -0.768. The summed E-state index contributed by atoms with van der Waals surface area (Å²) < 4.78 is 5.08. The van der Waals surface area contributed by atoms with Crippen LogP contribution in [0.3, 0.4) is 0 Å². The third-order valence-electron chi connectivity index (χ3n) is 2.13. The summed E-state index contributed by atoms with van der Waals surface area (Å²) in [6, 6.07) is 1.95. The summed E-state index contributed by atoms with van der Waals surface area (Å²) in [7, 11) is 1.51. The Bertz CT molecular complexity index is 204. The Kier molecular flexibility index (Phi) is 5.09. The van der Waals surface area contributed by atoms with Crippen LogP contribution >= 0.6 is 0 Å². The molecule has 0 saturated carbocycles. The molecule has 0 heterocycles. The predicted octanol–water partition coefficient (Wildman–Crippen LogP) is 0.831. The van der Waals surface area contributed by atoms with Crippen molar-refractivity contribution in [3.05, 3.63) is 0 Å². The molecular formula is C9H16N2O2. The number of nitriles is 1. The van der Waals surface area contributed by atoms with E-state index in [0.717, 1.165) is 0 Å². The predicted molar refractivity (Wildman–Crippen MR) is 48.9 cm³/mol. The molecule has 1 unspecified atom stereocenters. The highest BCUT2D eigenvalue weighted by Crippen LogP contribution is 2.13. The number of carbonyl (C=O) groups excluding carboxylic acids is 1. The Morgan fingerprint density at radius 1 is 1.69 bits per heavy atom. The fourth-order valence-corrected chi connectivity index (χ4v) is 0.816. The summed E-state index contributed by atoms with van der Waals surface area (Å²) in [6.07, 6.45) is 0.942. The lowest BCUT2D eigenvalue weighted by atomic mass is 10.0. The van der Waals surface area contributed by atoms with Gasteiger partial charge in [0.25, 0.3) is 5.91 Å². The molecule has 0 aliphatic rings. The van der Waals surface area contributed by atoms with E-state index in [1.54, 1.807) is 6.92 Å². The van der Waals surface area contributed by atoms with Gasteiger partial charge in [-0.3, -0.25) is 4.79 Å². The van der Waals surface area contributed by atoms with Crippen LogP contribution in [0.2, 0.25) is 0 Å². The van der Waals surface area contributed by atoms with Gasteiger partial charge in [0.05, 0.1) is 12.5 Å². The number of amides is 1. The third kappa shape index (κ3) is 3.43. The van der Waals surface area contributed by atoms with Gasteiger partial charge in [0, 0.05) is 13.7 Å². The maximum absolute atomic E-state index is 11.5. The second-order valence-electron chi connectivity index (χ2n) is 2.95. The Balaban J connectivity index is 4.01. The van der Waals surface area contributed by atoms with E-state index in [-0.39, 0.29) is 5.91 Å². The average Bonchev–Trinajstić information content (AvgIpc) is 2.17. The smallest absolute Gasteiger partial charge is 0.251 e. The largest absolute Gasteiger partial charge is 0.369 e. The second kappa shape index (κ2) is 5.55. The van der Waals surface area contributed by atoms with E-state index < -0.39 is 5.60 Å². The van der Waals surface area contributed by atoms with Crippen LogP contribution < -0.4 is 5.32 Å². The van der Waals surface area contributed by atoms with E-state index in [1.165, 1.54) is 7.11 Å². The van der Waals surface area contributed by atoms with Gasteiger partial charge in [-0.05, 0) is 13.3 Å². The normalized spacial score (nSPS) is 14.3. The SMILES string of the molecule is CCC(C)(OC)C(=O)NCCC#N. The van der Waals surface area contributed by atoms with E-state index in [9.17, 15) is 4.79 Å². The van der Waals surface area contributed by atoms with Gasteiger partial charge in [-0.2, -0.15) is 5.26 Å². The standard InChI is InChI=1S/C9H16N2O2/c1-4-9(2,13-3)8(12)11-7-5-6-10/h4-5,7H2,1-3H3,(H,11,12).